The van der Waals surface area contributed by atoms with Crippen molar-refractivity contribution in [3.8, 4) is 6.07 Å². The van der Waals surface area contributed by atoms with Crippen molar-refractivity contribution in [2.24, 2.45) is 11.3 Å². The smallest absolute Gasteiger partial charge is 0.107 e. The lowest BCUT2D eigenvalue weighted by Crippen LogP contribution is -2.34. The zero-order valence-corrected chi connectivity index (χ0v) is 8.27. The van der Waals surface area contributed by atoms with E-state index in [9.17, 15) is 10.2 Å². The van der Waals surface area contributed by atoms with E-state index in [1.54, 1.807) is 6.08 Å². The molecule has 4 atom stereocenters. The molecule has 0 aliphatic heterocycles. The van der Waals surface area contributed by atoms with Crippen LogP contribution in [0.25, 0.3) is 0 Å². The third-order valence-corrected chi connectivity index (χ3v) is 3.08. The van der Waals surface area contributed by atoms with Crippen molar-refractivity contribution in [2.75, 3.05) is 6.61 Å². The molecule has 1 rings (SSSR count). The van der Waals surface area contributed by atoms with Gasteiger partial charge in [-0.3, -0.25) is 0 Å². The summed E-state index contributed by atoms with van der Waals surface area (Å²) in [6, 6.07) is 2.08. The predicted molar refractivity (Wildman–Crippen MR) is 55.2 cm³/mol. The Morgan fingerprint density at radius 1 is 1.71 bits per heavy atom. The summed E-state index contributed by atoms with van der Waals surface area (Å²) in [5.74, 6) is -0.321. The number of nitrogens with zero attached hydrogens (tertiary/aromatic N) is 1. The van der Waals surface area contributed by atoms with Gasteiger partial charge in [-0.25, -0.2) is 0 Å². The second kappa shape index (κ2) is 4.02. The van der Waals surface area contributed by atoms with Crippen molar-refractivity contribution in [3.05, 3.63) is 18.4 Å². The highest BCUT2D eigenvalue weighted by atomic mass is 16.3. The van der Waals surface area contributed by atoms with E-state index < -0.39 is 17.4 Å². The van der Waals surface area contributed by atoms with Gasteiger partial charge in [0.05, 0.1) is 24.7 Å². The monoisotopic (exact) mass is 191 g/mol. The lowest BCUT2D eigenvalue weighted by Gasteiger charge is -2.26. The molecule has 74 valence electrons. The Hall–Kier alpha value is -1.01. The first-order chi connectivity index (χ1) is 6.61. The summed E-state index contributed by atoms with van der Waals surface area (Å²) < 4.78 is 0. The highest BCUT2D eigenvalue weighted by Gasteiger charge is 2.49. The second-order valence-corrected chi connectivity index (χ2v) is 4.02. The molecule has 1 unspecified atom stereocenters. The van der Waals surface area contributed by atoms with Crippen molar-refractivity contribution in [1.29, 1.82) is 5.26 Å². The maximum absolute atomic E-state index is 9.92. The average Bonchev–Trinajstić information content (AvgIpc) is 2.40. The van der Waals surface area contributed by atoms with E-state index in [0.717, 1.165) is 0 Å². The Balaban J connectivity index is 3.03. The van der Waals surface area contributed by atoms with Gasteiger partial charge in [-0.15, -0.1) is 5.73 Å². The lowest BCUT2D eigenvalue weighted by atomic mass is 9.78. The van der Waals surface area contributed by atoms with Gasteiger partial charge in [0.2, 0.25) is 0 Å². The fourth-order valence-electron chi connectivity index (χ4n) is 2.27. The van der Waals surface area contributed by atoms with Gasteiger partial charge in [0.1, 0.15) is 7.85 Å². The van der Waals surface area contributed by atoms with Crippen LogP contribution in [-0.2, 0) is 0 Å². The molecule has 0 spiro atoms. The molecule has 0 aromatic heterocycles. The Morgan fingerprint density at radius 3 is 2.71 bits per heavy atom. The van der Waals surface area contributed by atoms with Crippen LogP contribution in [-0.4, -0.2) is 30.8 Å². The quantitative estimate of drug-likeness (QED) is 0.462. The standard InChI is InChI=1S/C10H14BNO2/c1-2-3-10(6-13)4-8(11)7(5-12)9(10)14/h3,7-9,13-14H,1,4,6,11H2/t7?,8-,9-,10-/m1/s1. The third-order valence-electron chi connectivity index (χ3n) is 3.08. The SMILES string of the molecule is B[C@@H]1C[C@](C=C=C)(CO)[C@H](O)C1C#N. The molecule has 0 heterocycles. The van der Waals surface area contributed by atoms with Crippen LogP contribution in [0.15, 0.2) is 18.4 Å². The fraction of sp³-hybridized carbons (Fsp3) is 0.600. The minimum absolute atomic E-state index is 0.0896. The fourth-order valence-corrected chi connectivity index (χ4v) is 2.27. The molecule has 1 aliphatic carbocycles. The summed E-state index contributed by atoms with van der Waals surface area (Å²) in [4.78, 5) is 0. The molecular weight excluding hydrogens is 177 g/mol. The molecule has 0 aromatic rings. The van der Waals surface area contributed by atoms with E-state index in [2.05, 4.69) is 18.4 Å². The van der Waals surface area contributed by atoms with E-state index >= 15 is 0 Å². The van der Waals surface area contributed by atoms with Crippen molar-refractivity contribution in [3.63, 3.8) is 0 Å². The van der Waals surface area contributed by atoms with Crippen LogP contribution < -0.4 is 0 Å². The molecule has 0 amide bonds. The van der Waals surface area contributed by atoms with Crippen LogP contribution in [0, 0.1) is 22.7 Å². The van der Waals surface area contributed by atoms with Gasteiger partial charge in [-0.1, -0.05) is 12.4 Å². The molecule has 4 heteroatoms. The van der Waals surface area contributed by atoms with Crippen molar-refractivity contribution < 1.29 is 10.2 Å². The summed E-state index contributed by atoms with van der Waals surface area (Å²) >= 11 is 0. The Bertz CT molecular complexity index is 306. The van der Waals surface area contributed by atoms with Crippen molar-refractivity contribution in [1.82, 2.24) is 0 Å². The second-order valence-electron chi connectivity index (χ2n) is 4.02. The maximum atomic E-state index is 9.92. The number of rotatable bonds is 2. The predicted octanol–water partition coefficient (Wildman–Crippen LogP) is -0.368. The lowest BCUT2D eigenvalue weighted by molar-refractivity contribution is 0.0278. The van der Waals surface area contributed by atoms with Crippen molar-refractivity contribution >= 4 is 7.85 Å². The van der Waals surface area contributed by atoms with Gasteiger partial charge in [-0.2, -0.15) is 5.26 Å². The maximum Gasteiger partial charge on any atom is 0.107 e. The topological polar surface area (TPSA) is 64.2 Å². The van der Waals surface area contributed by atoms with Gasteiger partial charge < -0.3 is 10.2 Å². The van der Waals surface area contributed by atoms with Gasteiger partial charge in [-0.05, 0) is 12.5 Å². The largest absolute Gasteiger partial charge is 0.395 e. The molecule has 1 aliphatic rings. The zero-order valence-electron chi connectivity index (χ0n) is 8.27. The molecule has 1 saturated carbocycles. The molecule has 0 radical (unpaired) electrons. The van der Waals surface area contributed by atoms with E-state index in [1.165, 1.54) is 0 Å². The molecule has 14 heavy (non-hydrogen) atoms. The molecule has 1 fully saturated rings. The van der Waals surface area contributed by atoms with E-state index in [0.29, 0.717) is 6.42 Å². The molecule has 2 N–H and O–H groups in total. The molecule has 0 bridgehead atoms. The van der Waals surface area contributed by atoms with E-state index in [-0.39, 0.29) is 12.4 Å². The minimum atomic E-state index is -0.818. The highest BCUT2D eigenvalue weighted by Crippen LogP contribution is 2.48. The van der Waals surface area contributed by atoms with Crippen LogP contribution >= 0.6 is 0 Å². The van der Waals surface area contributed by atoms with Gasteiger partial charge in [0.25, 0.3) is 0 Å². The molecular formula is C10H14BNO2. The summed E-state index contributed by atoms with van der Waals surface area (Å²) in [5.41, 5.74) is 1.87. The average molecular weight is 191 g/mol. The number of aliphatic hydroxyl groups is 2. The summed E-state index contributed by atoms with van der Waals surface area (Å²) in [6.45, 7) is 3.27. The van der Waals surface area contributed by atoms with Crippen LogP contribution in [0.2, 0.25) is 5.82 Å². The first kappa shape index (κ1) is 11.1. The Morgan fingerprint density at radius 2 is 2.36 bits per heavy atom. The zero-order chi connectivity index (χ0) is 10.8. The Kier molecular flexibility index (Phi) is 3.18. The molecule has 0 aromatic carbocycles. The van der Waals surface area contributed by atoms with Crippen LogP contribution in [0.4, 0.5) is 0 Å². The summed E-state index contributed by atoms with van der Waals surface area (Å²) in [7, 11) is 1.91. The normalized spacial score (nSPS) is 41.4. The van der Waals surface area contributed by atoms with E-state index in [1.807, 2.05) is 7.85 Å². The number of nitriles is 1. The first-order valence-electron chi connectivity index (χ1n) is 4.67. The first-order valence-corrected chi connectivity index (χ1v) is 4.67. The summed E-state index contributed by atoms with van der Waals surface area (Å²) in [5, 5.41) is 28.1. The highest BCUT2D eigenvalue weighted by molar-refractivity contribution is 6.12. The van der Waals surface area contributed by atoms with Gasteiger partial charge >= 0.3 is 0 Å². The van der Waals surface area contributed by atoms with Crippen LogP contribution in [0.5, 0.6) is 0 Å². The number of hydrogen-bond acceptors (Lipinski definition) is 3. The molecule has 0 saturated heterocycles. The van der Waals surface area contributed by atoms with Crippen LogP contribution in [0.1, 0.15) is 6.42 Å². The number of hydrogen-bond donors (Lipinski definition) is 2. The van der Waals surface area contributed by atoms with Crippen LogP contribution in [0.3, 0.4) is 0 Å². The van der Waals surface area contributed by atoms with E-state index in [4.69, 9.17) is 5.26 Å². The number of aliphatic hydroxyl groups excluding tert-OH is 2. The third kappa shape index (κ3) is 1.51. The van der Waals surface area contributed by atoms with Gasteiger partial charge in [0, 0.05) is 5.41 Å². The Labute approximate surface area is 84.8 Å². The van der Waals surface area contributed by atoms with Gasteiger partial charge in [0.15, 0.2) is 0 Å². The van der Waals surface area contributed by atoms with Crippen molar-refractivity contribution in [2.45, 2.75) is 18.3 Å². The molecule has 3 nitrogen and oxygen atoms in total. The summed E-state index contributed by atoms with van der Waals surface area (Å²) in [6.07, 6.45) is 1.37. The minimum Gasteiger partial charge on any atom is -0.395 e.